The molecule has 0 radical (unpaired) electrons. The van der Waals surface area contributed by atoms with Gasteiger partial charge < -0.3 is 10.1 Å². The normalized spacial score (nSPS) is 11.0. The van der Waals surface area contributed by atoms with Crippen LogP contribution in [-0.2, 0) is 0 Å². The number of tetrazole rings is 1. The Balaban J connectivity index is 2.10. The molecule has 0 unspecified atom stereocenters. The Labute approximate surface area is 122 Å². The van der Waals surface area contributed by atoms with Crippen LogP contribution in [0.2, 0.25) is 0 Å². The van der Waals surface area contributed by atoms with Crippen molar-refractivity contribution in [3.8, 4) is 11.8 Å². The lowest BCUT2D eigenvalue weighted by atomic mass is 10.2. The van der Waals surface area contributed by atoms with Gasteiger partial charge in [0.15, 0.2) is 0 Å². The fourth-order valence-electron chi connectivity index (χ4n) is 1.61. The summed E-state index contributed by atoms with van der Waals surface area (Å²) in [7, 11) is 0. The third kappa shape index (κ3) is 4.04. The first-order valence-corrected chi connectivity index (χ1v) is 6.67. The number of H-pyrrole nitrogens is 1. The molecule has 2 aromatic rings. The van der Waals surface area contributed by atoms with Gasteiger partial charge in [-0.3, -0.25) is 0 Å². The molecular weight excluding hydrogens is 268 g/mol. The molecule has 2 N–H and O–H groups in total. The summed E-state index contributed by atoms with van der Waals surface area (Å²) >= 11 is 0. The Hall–Kier alpha value is -2.88. The smallest absolute Gasteiger partial charge is 0.216 e. The number of aromatic amines is 1. The molecule has 1 aromatic carbocycles. The molecule has 0 aliphatic carbocycles. The van der Waals surface area contributed by atoms with E-state index < -0.39 is 0 Å². The Kier molecular flexibility index (Phi) is 5.29. The van der Waals surface area contributed by atoms with Gasteiger partial charge in [0.25, 0.3) is 0 Å². The average Bonchev–Trinajstić information content (AvgIpc) is 3.04. The number of rotatable bonds is 7. The molecule has 0 saturated carbocycles. The molecule has 21 heavy (non-hydrogen) atoms. The Bertz CT molecular complexity index is 629. The van der Waals surface area contributed by atoms with Crippen molar-refractivity contribution in [1.82, 2.24) is 20.6 Å². The van der Waals surface area contributed by atoms with Gasteiger partial charge in [-0.2, -0.15) is 10.5 Å². The fraction of sp³-hybridized carbons (Fsp3) is 0.286. The summed E-state index contributed by atoms with van der Waals surface area (Å²) in [6.45, 7) is 2.77. The monoisotopic (exact) mass is 284 g/mol. The number of anilines is 1. The standard InChI is InChI=1S/C14H16N6O/c1-2-3-8-21-13-7-5-4-6-12(13)16-10-11(9-15)14-17-19-20-18-14/h4-7,10,16H,2-3,8H2,1H3,(H,17,18,19,20). The van der Waals surface area contributed by atoms with Gasteiger partial charge in [0.05, 0.1) is 12.3 Å². The number of nitrogens with zero attached hydrogens (tertiary/aromatic N) is 4. The van der Waals surface area contributed by atoms with Crippen molar-refractivity contribution in [3.05, 3.63) is 36.3 Å². The predicted molar refractivity (Wildman–Crippen MR) is 78.2 cm³/mol. The zero-order chi connectivity index (χ0) is 14.9. The highest BCUT2D eigenvalue weighted by Gasteiger charge is 2.06. The van der Waals surface area contributed by atoms with E-state index in [1.807, 2.05) is 30.3 Å². The first-order valence-electron chi connectivity index (χ1n) is 6.67. The van der Waals surface area contributed by atoms with Crippen molar-refractivity contribution in [2.75, 3.05) is 11.9 Å². The van der Waals surface area contributed by atoms with Crippen LogP contribution in [0.1, 0.15) is 25.6 Å². The van der Waals surface area contributed by atoms with Crippen LogP contribution in [0.3, 0.4) is 0 Å². The number of hydrogen-bond donors (Lipinski definition) is 2. The highest BCUT2D eigenvalue weighted by Crippen LogP contribution is 2.24. The van der Waals surface area contributed by atoms with Crippen molar-refractivity contribution in [2.45, 2.75) is 19.8 Å². The van der Waals surface area contributed by atoms with Crippen LogP contribution in [0.4, 0.5) is 5.69 Å². The van der Waals surface area contributed by atoms with Crippen LogP contribution < -0.4 is 10.1 Å². The lowest BCUT2D eigenvalue weighted by Crippen LogP contribution is -2.00. The number of hydrogen-bond acceptors (Lipinski definition) is 6. The van der Waals surface area contributed by atoms with E-state index in [2.05, 4.69) is 32.9 Å². The fourth-order valence-corrected chi connectivity index (χ4v) is 1.61. The van der Waals surface area contributed by atoms with Gasteiger partial charge >= 0.3 is 0 Å². The molecule has 0 saturated heterocycles. The van der Waals surface area contributed by atoms with Gasteiger partial charge in [-0.15, -0.1) is 10.2 Å². The number of allylic oxidation sites excluding steroid dienone is 1. The summed E-state index contributed by atoms with van der Waals surface area (Å²) in [6, 6.07) is 9.57. The van der Waals surface area contributed by atoms with Crippen LogP contribution in [-0.4, -0.2) is 27.2 Å². The molecule has 2 rings (SSSR count). The molecule has 7 heteroatoms. The summed E-state index contributed by atoms with van der Waals surface area (Å²) in [5, 5.41) is 25.4. The maximum atomic E-state index is 9.11. The van der Waals surface area contributed by atoms with Gasteiger partial charge in [0.1, 0.15) is 17.4 Å². The van der Waals surface area contributed by atoms with E-state index in [0.717, 1.165) is 24.3 Å². The molecule has 0 aliphatic heterocycles. The largest absolute Gasteiger partial charge is 0.491 e. The highest BCUT2D eigenvalue weighted by molar-refractivity contribution is 5.74. The molecule has 0 spiro atoms. The van der Waals surface area contributed by atoms with E-state index in [1.165, 1.54) is 6.20 Å². The second kappa shape index (κ2) is 7.65. The van der Waals surface area contributed by atoms with Crippen LogP contribution >= 0.6 is 0 Å². The number of nitriles is 1. The van der Waals surface area contributed by atoms with E-state index in [-0.39, 0.29) is 11.4 Å². The van der Waals surface area contributed by atoms with Crippen LogP contribution in [0, 0.1) is 11.3 Å². The van der Waals surface area contributed by atoms with Gasteiger partial charge in [-0.1, -0.05) is 25.5 Å². The number of para-hydroxylation sites is 2. The first-order chi connectivity index (χ1) is 10.3. The maximum Gasteiger partial charge on any atom is 0.216 e. The molecule has 0 atom stereocenters. The molecule has 1 heterocycles. The lowest BCUT2D eigenvalue weighted by Gasteiger charge is -2.10. The van der Waals surface area contributed by atoms with Gasteiger partial charge in [-0.05, 0) is 23.8 Å². The summed E-state index contributed by atoms with van der Waals surface area (Å²) in [4.78, 5) is 0. The van der Waals surface area contributed by atoms with Gasteiger partial charge in [0.2, 0.25) is 5.82 Å². The number of unbranched alkanes of at least 4 members (excludes halogenated alkanes) is 1. The summed E-state index contributed by atoms with van der Waals surface area (Å²) in [6.07, 6.45) is 3.61. The lowest BCUT2D eigenvalue weighted by molar-refractivity contribution is 0.311. The minimum atomic E-state index is 0.245. The first kappa shape index (κ1) is 14.5. The minimum absolute atomic E-state index is 0.245. The molecule has 0 fully saturated rings. The van der Waals surface area contributed by atoms with E-state index in [4.69, 9.17) is 10.00 Å². The molecule has 0 aliphatic rings. The van der Waals surface area contributed by atoms with Crippen molar-refractivity contribution in [2.24, 2.45) is 0 Å². The number of ether oxygens (including phenoxy) is 1. The van der Waals surface area contributed by atoms with Crippen molar-refractivity contribution in [1.29, 1.82) is 5.26 Å². The highest BCUT2D eigenvalue weighted by atomic mass is 16.5. The molecular formula is C14H16N6O. The SMILES string of the molecule is CCCCOc1ccccc1NC=C(C#N)c1nn[nH]n1. The predicted octanol–water partition coefficient (Wildman–Crippen LogP) is 2.36. The molecule has 0 amide bonds. The third-order valence-electron chi connectivity index (χ3n) is 2.72. The average molecular weight is 284 g/mol. The summed E-state index contributed by atoms with van der Waals surface area (Å²) < 4.78 is 5.71. The summed E-state index contributed by atoms with van der Waals surface area (Å²) in [5.41, 5.74) is 1.07. The zero-order valence-corrected chi connectivity index (χ0v) is 11.7. The van der Waals surface area contributed by atoms with Crippen LogP contribution in [0.25, 0.3) is 5.57 Å². The quantitative estimate of drug-likeness (QED) is 0.598. The van der Waals surface area contributed by atoms with Gasteiger partial charge in [0, 0.05) is 6.20 Å². The minimum Gasteiger partial charge on any atom is -0.491 e. The van der Waals surface area contributed by atoms with Crippen molar-refractivity contribution >= 4 is 11.3 Å². The van der Waals surface area contributed by atoms with E-state index in [9.17, 15) is 0 Å². The number of nitrogens with one attached hydrogen (secondary N) is 2. The van der Waals surface area contributed by atoms with Gasteiger partial charge in [-0.25, -0.2) is 0 Å². The second-order valence-corrected chi connectivity index (χ2v) is 4.25. The Morgan fingerprint density at radius 1 is 1.48 bits per heavy atom. The molecule has 1 aromatic heterocycles. The third-order valence-corrected chi connectivity index (χ3v) is 2.72. The van der Waals surface area contributed by atoms with Crippen LogP contribution in [0.15, 0.2) is 30.5 Å². The van der Waals surface area contributed by atoms with E-state index in [0.29, 0.717) is 6.61 Å². The Morgan fingerprint density at radius 2 is 2.33 bits per heavy atom. The molecule has 0 bridgehead atoms. The second-order valence-electron chi connectivity index (χ2n) is 4.25. The number of benzene rings is 1. The summed E-state index contributed by atoms with van der Waals surface area (Å²) in [5.74, 6) is 0.988. The molecule has 7 nitrogen and oxygen atoms in total. The maximum absolute atomic E-state index is 9.11. The van der Waals surface area contributed by atoms with Crippen molar-refractivity contribution in [3.63, 3.8) is 0 Å². The Morgan fingerprint density at radius 3 is 3.05 bits per heavy atom. The van der Waals surface area contributed by atoms with Crippen molar-refractivity contribution < 1.29 is 4.74 Å². The zero-order valence-electron chi connectivity index (χ0n) is 11.7. The van der Waals surface area contributed by atoms with E-state index in [1.54, 1.807) is 0 Å². The van der Waals surface area contributed by atoms with Crippen LogP contribution in [0.5, 0.6) is 5.75 Å². The topological polar surface area (TPSA) is 99.5 Å². The molecule has 108 valence electrons. The number of aromatic nitrogens is 4. The van der Waals surface area contributed by atoms with E-state index >= 15 is 0 Å².